The van der Waals surface area contributed by atoms with Crippen molar-refractivity contribution in [3.05, 3.63) is 95.6 Å². The lowest BCUT2D eigenvalue weighted by atomic mass is 10.2. The minimum atomic E-state index is -0.386. The Balaban J connectivity index is 1.62. The van der Waals surface area contributed by atoms with Crippen LogP contribution in [0.3, 0.4) is 0 Å². The molecule has 5 rings (SSSR count). The normalized spacial score (nSPS) is 12.0. The van der Waals surface area contributed by atoms with Gasteiger partial charge in [0.1, 0.15) is 5.03 Å². The molecule has 6 nitrogen and oxygen atoms in total. The molecule has 2 heterocycles. The minimum absolute atomic E-state index is 0.123. The number of amides is 1. The summed E-state index contributed by atoms with van der Waals surface area (Å²) >= 11 is 7.73. The number of hydrogen-bond acceptors (Lipinski definition) is 5. The van der Waals surface area contributed by atoms with Crippen LogP contribution in [0.4, 0.5) is 5.69 Å². The molecule has 0 saturated heterocycles. The zero-order valence-corrected chi connectivity index (χ0v) is 22.1. The largest absolute Gasteiger partial charge is 0.324 e. The number of anilines is 1. The number of aryl methyl sites for hydroxylation is 1. The predicted molar refractivity (Wildman–Crippen MR) is 151 cm³/mol. The van der Waals surface area contributed by atoms with Crippen LogP contribution in [0, 0.1) is 0 Å². The molecule has 0 unspecified atom stereocenters. The summed E-state index contributed by atoms with van der Waals surface area (Å²) in [6.07, 6.45) is 1.32. The summed E-state index contributed by atoms with van der Waals surface area (Å²) in [6, 6.07) is 27.1. The second-order valence-corrected chi connectivity index (χ2v) is 10.0. The maximum absolute atomic E-state index is 13.3. The third-order valence-corrected chi connectivity index (χ3v) is 7.66. The van der Waals surface area contributed by atoms with Crippen LogP contribution < -0.4 is 5.32 Å². The molecular formula is C29H26ClN5OS. The first-order chi connectivity index (χ1) is 18.1. The molecule has 37 heavy (non-hydrogen) atoms. The molecule has 2 aromatic heterocycles. The molecule has 0 radical (unpaired) electrons. The summed E-state index contributed by atoms with van der Waals surface area (Å²) in [7, 11) is 0. The van der Waals surface area contributed by atoms with Crippen molar-refractivity contribution < 1.29 is 4.79 Å². The fourth-order valence-electron chi connectivity index (χ4n) is 4.08. The lowest BCUT2D eigenvalue weighted by molar-refractivity contribution is -0.115. The monoisotopic (exact) mass is 527 g/mol. The number of para-hydroxylation sites is 2. The highest BCUT2D eigenvalue weighted by molar-refractivity contribution is 8.00. The number of carbonyl (C=O) groups is 1. The van der Waals surface area contributed by atoms with Crippen molar-refractivity contribution >= 4 is 46.0 Å². The van der Waals surface area contributed by atoms with Crippen LogP contribution in [0.25, 0.3) is 28.1 Å². The van der Waals surface area contributed by atoms with Gasteiger partial charge in [0.2, 0.25) is 5.91 Å². The highest BCUT2D eigenvalue weighted by Gasteiger charge is 2.25. The van der Waals surface area contributed by atoms with Gasteiger partial charge in [-0.1, -0.05) is 97.9 Å². The summed E-state index contributed by atoms with van der Waals surface area (Å²) < 4.78 is 1.87. The molecule has 8 heteroatoms. The SMILES string of the molecule is CCc1nn(-c2ccccc2)c2nc(-c3ccccc3)nc(S[C@H](CC)C(=O)Nc3ccccc3Cl)c12. The molecule has 0 aliphatic rings. The Kier molecular flexibility index (Phi) is 7.53. The topological polar surface area (TPSA) is 72.7 Å². The van der Waals surface area contributed by atoms with E-state index in [1.165, 1.54) is 11.8 Å². The Morgan fingerprint density at radius 1 is 0.946 bits per heavy atom. The molecule has 0 aliphatic carbocycles. The smallest absolute Gasteiger partial charge is 0.237 e. The molecule has 1 amide bonds. The van der Waals surface area contributed by atoms with Gasteiger partial charge < -0.3 is 5.32 Å². The number of thioether (sulfide) groups is 1. The van der Waals surface area contributed by atoms with E-state index in [-0.39, 0.29) is 11.2 Å². The summed E-state index contributed by atoms with van der Waals surface area (Å²) in [5, 5.41) is 9.63. The van der Waals surface area contributed by atoms with E-state index in [1.54, 1.807) is 12.1 Å². The predicted octanol–water partition coefficient (Wildman–Crippen LogP) is 7.21. The van der Waals surface area contributed by atoms with Crippen molar-refractivity contribution in [3.8, 4) is 17.1 Å². The van der Waals surface area contributed by atoms with E-state index in [0.717, 1.165) is 33.0 Å². The Morgan fingerprint density at radius 3 is 2.30 bits per heavy atom. The molecule has 1 atom stereocenters. The van der Waals surface area contributed by atoms with E-state index in [9.17, 15) is 4.79 Å². The van der Waals surface area contributed by atoms with Gasteiger partial charge in [-0.05, 0) is 37.1 Å². The second kappa shape index (κ2) is 11.2. The molecule has 3 aromatic carbocycles. The van der Waals surface area contributed by atoms with Crippen LogP contribution in [0.15, 0.2) is 90.0 Å². The van der Waals surface area contributed by atoms with E-state index in [1.807, 2.05) is 84.4 Å². The minimum Gasteiger partial charge on any atom is -0.324 e. The lowest BCUT2D eigenvalue weighted by Gasteiger charge is -2.16. The van der Waals surface area contributed by atoms with Gasteiger partial charge in [0.15, 0.2) is 11.5 Å². The molecular weight excluding hydrogens is 502 g/mol. The third kappa shape index (κ3) is 5.24. The highest BCUT2D eigenvalue weighted by atomic mass is 35.5. The molecule has 0 aliphatic heterocycles. The number of nitrogens with one attached hydrogen (secondary N) is 1. The van der Waals surface area contributed by atoms with Gasteiger partial charge in [-0.2, -0.15) is 5.10 Å². The van der Waals surface area contributed by atoms with E-state index in [4.69, 9.17) is 26.7 Å². The summed E-state index contributed by atoms with van der Waals surface area (Å²) in [5.74, 6) is 0.471. The van der Waals surface area contributed by atoms with Crippen molar-refractivity contribution in [2.24, 2.45) is 0 Å². The average molecular weight is 528 g/mol. The third-order valence-electron chi connectivity index (χ3n) is 5.98. The van der Waals surface area contributed by atoms with Gasteiger partial charge in [-0.15, -0.1) is 0 Å². The number of halogens is 1. The van der Waals surface area contributed by atoms with Gasteiger partial charge >= 0.3 is 0 Å². The van der Waals surface area contributed by atoms with Crippen LogP contribution in [0.2, 0.25) is 5.02 Å². The maximum Gasteiger partial charge on any atom is 0.237 e. The standard InChI is InChI=1S/C29H26ClN5OS/c1-3-22-25-27(35(34-22)20-15-9-6-10-16-20)32-26(19-13-7-5-8-14-19)33-29(25)37-24(4-2)28(36)31-23-18-12-11-17-21(23)30/h5-18,24H,3-4H2,1-2H3,(H,31,36)/t24-/m1/s1. The van der Waals surface area contributed by atoms with Crippen molar-refractivity contribution in [2.45, 2.75) is 37.0 Å². The number of carbonyl (C=O) groups excluding carboxylic acids is 1. The van der Waals surface area contributed by atoms with Gasteiger partial charge in [-0.25, -0.2) is 14.6 Å². The van der Waals surface area contributed by atoms with Gasteiger partial charge in [-0.3, -0.25) is 4.79 Å². The lowest BCUT2D eigenvalue weighted by Crippen LogP contribution is -2.25. The number of hydrogen-bond donors (Lipinski definition) is 1. The first-order valence-corrected chi connectivity index (χ1v) is 13.5. The fourth-order valence-corrected chi connectivity index (χ4v) is 5.34. The average Bonchev–Trinajstić information content (AvgIpc) is 3.33. The summed E-state index contributed by atoms with van der Waals surface area (Å²) in [4.78, 5) is 23.3. The summed E-state index contributed by atoms with van der Waals surface area (Å²) in [6.45, 7) is 4.06. The molecule has 0 bridgehead atoms. The number of nitrogens with zero attached hydrogens (tertiary/aromatic N) is 4. The Labute approximate surface area is 225 Å². The Hall–Kier alpha value is -3.68. The van der Waals surface area contributed by atoms with Crippen LogP contribution in [-0.2, 0) is 11.2 Å². The van der Waals surface area contributed by atoms with Gasteiger partial charge in [0.05, 0.1) is 32.7 Å². The molecule has 0 fully saturated rings. The molecule has 186 valence electrons. The van der Waals surface area contributed by atoms with Crippen LogP contribution >= 0.6 is 23.4 Å². The summed E-state index contributed by atoms with van der Waals surface area (Å²) in [5.41, 5.74) is 4.03. The van der Waals surface area contributed by atoms with E-state index in [2.05, 4.69) is 12.2 Å². The number of fused-ring (bicyclic) bond motifs is 1. The first kappa shape index (κ1) is 25.0. The zero-order chi connectivity index (χ0) is 25.8. The highest BCUT2D eigenvalue weighted by Crippen LogP contribution is 2.36. The Morgan fingerprint density at radius 2 is 1.62 bits per heavy atom. The first-order valence-electron chi connectivity index (χ1n) is 12.2. The molecule has 0 saturated carbocycles. The quantitative estimate of drug-likeness (QED) is 0.170. The van der Waals surface area contributed by atoms with E-state index >= 15 is 0 Å². The van der Waals surface area contributed by atoms with Crippen molar-refractivity contribution in [1.82, 2.24) is 19.7 Å². The van der Waals surface area contributed by atoms with Crippen LogP contribution in [0.1, 0.15) is 26.0 Å². The van der Waals surface area contributed by atoms with Crippen molar-refractivity contribution in [2.75, 3.05) is 5.32 Å². The number of benzene rings is 3. The number of rotatable bonds is 8. The second-order valence-electron chi connectivity index (χ2n) is 8.45. The van der Waals surface area contributed by atoms with E-state index in [0.29, 0.717) is 29.4 Å². The van der Waals surface area contributed by atoms with Crippen LogP contribution in [0.5, 0.6) is 0 Å². The number of aromatic nitrogens is 4. The molecule has 1 N–H and O–H groups in total. The van der Waals surface area contributed by atoms with Gasteiger partial charge in [0.25, 0.3) is 0 Å². The van der Waals surface area contributed by atoms with Crippen molar-refractivity contribution in [1.29, 1.82) is 0 Å². The van der Waals surface area contributed by atoms with E-state index < -0.39 is 0 Å². The van der Waals surface area contributed by atoms with Crippen molar-refractivity contribution in [3.63, 3.8) is 0 Å². The van der Waals surface area contributed by atoms with Crippen LogP contribution in [-0.4, -0.2) is 30.9 Å². The fraction of sp³-hybridized carbons (Fsp3) is 0.172. The Bertz CT molecular complexity index is 1540. The maximum atomic E-state index is 13.3. The zero-order valence-electron chi connectivity index (χ0n) is 20.6. The molecule has 0 spiro atoms. The molecule has 5 aromatic rings. The van der Waals surface area contributed by atoms with Gasteiger partial charge in [0, 0.05) is 5.56 Å².